The van der Waals surface area contributed by atoms with Crippen LogP contribution < -0.4 is 14.9 Å². The predicted octanol–water partition coefficient (Wildman–Crippen LogP) is 4.29. The van der Waals surface area contributed by atoms with Gasteiger partial charge in [-0.15, -0.1) is 0 Å². The molecule has 0 radical (unpaired) electrons. The molecule has 7 nitrogen and oxygen atoms in total. The Kier molecular flexibility index (Phi) is 7.70. The maximum absolute atomic E-state index is 13.1. The Bertz CT molecular complexity index is 1160. The second kappa shape index (κ2) is 9.60. The van der Waals surface area contributed by atoms with Gasteiger partial charge in [-0.3, -0.25) is 13.9 Å². The zero-order valence-electron chi connectivity index (χ0n) is 18.2. The smallest absolute Gasteiger partial charge is 0.347 e. The molecule has 0 aliphatic rings. The highest BCUT2D eigenvalue weighted by Crippen LogP contribution is 2.36. The number of rotatable bonds is 6. The standard InChI is InChI=1S/C21H23ClF3N3O4S/c1-20(2,3)27-19(30)14-7-5-6-8-16(14)26-18(29)12-28(33(4,31)32)17-11-13(21(23,24)25)9-10-15(17)22/h5-11H,12H2,1-4H3,(H,26,29)(H,27,30). The van der Waals surface area contributed by atoms with Gasteiger partial charge in [-0.05, 0) is 51.1 Å². The first-order valence-electron chi connectivity index (χ1n) is 9.55. The van der Waals surface area contributed by atoms with Crippen molar-refractivity contribution in [2.24, 2.45) is 0 Å². The van der Waals surface area contributed by atoms with Crippen molar-refractivity contribution in [3.63, 3.8) is 0 Å². The van der Waals surface area contributed by atoms with Gasteiger partial charge in [0.15, 0.2) is 0 Å². The van der Waals surface area contributed by atoms with E-state index in [2.05, 4.69) is 10.6 Å². The zero-order chi connectivity index (χ0) is 25.2. The number of hydrogen-bond donors (Lipinski definition) is 2. The molecule has 2 rings (SSSR count). The van der Waals surface area contributed by atoms with Crippen molar-refractivity contribution in [1.82, 2.24) is 5.32 Å². The first-order valence-corrected chi connectivity index (χ1v) is 11.8. The molecule has 2 aromatic rings. The topological polar surface area (TPSA) is 95.6 Å². The van der Waals surface area contributed by atoms with Crippen LogP contribution in [0.15, 0.2) is 42.5 Å². The predicted molar refractivity (Wildman–Crippen MR) is 121 cm³/mol. The number of anilines is 2. The highest BCUT2D eigenvalue weighted by Gasteiger charge is 2.33. The van der Waals surface area contributed by atoms with Crippen molar-refractivity contribution in [2.45, 2.75) is 32.5 Å². The number of nitrogens with zero attached hydrogens (tertiary/aromatic N) is 1. The van der Waals surface area contributed by atoms with Crippen LogP contribution >= 0.6 is 11.6 Å². The van der Waals surface area contributed by atoms with E-state index in [1.165, 1.54) is 12.1 Å². The number of benzene rings is 2. The van der Waals surface area contributed by atoms with E-state index in [0.717, 1.165) is 12.3 Å². The van der Waals surface area contributed by atoms with Crippen LogP contribution in [0.4, 0.5) is 24.5 Å². The lowest BCUT2D eigenvalue weighted by Gasteiger charge is -2.24. The highest BCUT2D eigenvalue weighted by molar-refractivity contribution is 7.92. The van der Waals surface area contributed by atoms with Crippen LogP contribution in [0.2, 0.25) is 5.02 Å². The second-order valence-corrected chi connectivity index (χ2v) is 10.5. The first kappa shape index (κ1) is 26.5. The van der Waals surface area contributed by atoms with E-state index in [4.69, 9.17) is 11.6 Å². The van der Waals surface area contributed by atoms with Gasteiger partial charge in [0.2, 0.25) is 15.9 Å². The number of carbonyl (C=O) groups excluding carboxylic acids is 2. The van der Waals surface area contributed by atoms with Crippen molar-refractivity contribution < 1.29 is 31.2 Å². The number of carbonyl (C=O) groups is 2. The summed E-state index contributed by atoms with van der Waals surface area (Å²) in [5, 5.41) is 4.90. The van der Waals surface area contributed by atoms with Gasteiger partial charge >= 0.3 is 6.18 Å². The molecule has 2 N–H and O–H groups in total. The van der Waals surface area contributed by atoms with E-state index in [-0.39, 0.29) is 16.3 Å². The van der Waals surface area contributed by atoms with Crippen LogP contribution in [-0.4, -0.2) is 38.6 Å². The Hall–Kier alpha value is -2.79. The summed E-state index contributed by atoms with van der Waals surface area (Å²) in [4.78, 5) is 25.2. The van der Waals surface area contributed by atoms with Crippen LogP contribution in [0.3, 0.4) is 0 Å². The van der Waals surface area contributed by atoms with Crippen molar-refractivity contribution in [3.05, 3.63) is 58.6 Å². The summed E-state index contributed by atoms with van der Waals surface area (Å²) in [7, 11) is -4.20. The molecule has 2 aromatic carbocycles. The molecule has 0 aromatic heterocycles. The molecule has 12 heteroatoms. The minimum absolute atomic E-state index is 0.104. The largest absolute Gasteiger partial charge is 0.416 e. The average molecular weight is 506 g/mol. The lowest BCUT2D eigenvalue weighted by atomic mass is 10.1. The third-order valence-corrected chi connectivity index (χ3v) is 5.61. The van der Waals surface area contributed by atoms with Crippen LogP contribution in [0.5, 0.6) is 0 Å². The van der Waals surface area contributed by atoms with Gasteiger partial charge in [-0.25, -0.2) is 8.42 Å². The maximum Gasteiger partial charge on any atom is 0.416 e. The van der Waals surface area contributed by atoms with Gasteiger partial charge in [-0.1, -0.05) is 23.7 Å². The normalized spacial score (nSPS) is 12.2. The third-order valence-electron chi connectivity index (χ3n) is 4.16. The number of hydrogen-bond acceptors (Lipinski definition) is 4. The van der Waals surface area contributed by atoms with Gasteiger partial charge < -0.3 is 10.6 Å². The molecule has 180 valence electrons. The Morgan fingerprint density at radius 2 is 1.67 bits per heavy atom. The molecule has 0 aliphatic heterocycles. The molecule has 0 fully saturated rings. The number of sulfonamides is 1. The number of amides is 2. The minimum Gasteiger partial charge on any atom is -0.347 e. The molecule has 0 bridgehead atoms. The Labute approximate surface area is 195 Å². The van der Waals surface area contributed by atoms with Crippen LogP contribution in [0.25, 0.3) is 0 Å². The first-order chi connectivity index (χ1) is 15.0. The molecule has 0 aliphatic carbocycles. The molecule has 2 amide bonds. The summed E-state index contributed by atoms with van der Waals surface area (Å²) in [6.45, 7) is 4.45. The highest BCUT2D eigenvalue weighted by atomic mass is 35.5. The fourth-order valence-electron chi connectivity index (χ4n) is 2.78. The zero-order valence-corrected chi connectivity index (χ0v) is 19.8. The monoisotopic (exact) mass is 505 g/mol. The molecule has 0 heterocycles. The summed E-state index contributed by atoms with van der Waals surface area (Å²) < 4.78 is 64.4. The number of nitrogens with one attached hydrogen (secondary N) is 2. The van der Waals surface area contributed by atoms with E-state index in [0.29, 0.717) is 16.4 Å². The van der Waals surface area contributed by atoms with Gasteiger partial charge in [0.05, 0.1) is 33.8 Å². The summed E-state index contributed by atoms with van der Waals surface area (Å²) in [6, 6.07) is 8.21. The summed E-state index contributed by atoms with van der Waals surface area (Å²) >= 11 is 5.96. The molecular weight excluding hydrogens is 483 g/mol. The van der Waals surface area contributed by atoms with Gasteiger partial charge in [-0.2, -0.15) is 13.2 Å². The minimum atomic E-state index is -4.75. The molecule has 0 atom stereocenters. The fourth-order valence-corrected chi connectivity index (χ4v) is 3.91. The van der Waals surface area contributed by atoms with Crippen LogP contribution in [-0.2, 0) is 21.0 Å². The lowest BCUT2D eigenvalue weighted by Crippen LogP contribution is -2.41. The quantitative estimate of drug-likeness (QED) is 0.612. The van der Waals surface area contributed by atoms with Crippen molar-refractivity contribution >= 4 is 44.8 Å². The molecule has 0 unspecified atom stereocenters. The fraction of sp³-hybridized carbons (Fsp3) is 0.333. The SMILES string of the molecule is CC(C)(C)NC(=O)c1ccccc1NC(=O)CN(c1cc(C(F)(F)F)ccc1Cl)S(C)(=O)=O. The van der Waals surface area contributed by atoms with Crippen LogP contribution in [0, 0.1) is 0 Å². The van der Waals surface area contributed by atoms with E-state index >= 15 is 0 Å². The van der Waals surface area contributed by atoms with Crippen molar-refractivity contribution in [1.29, 1.82) is 0 Å². The van der Waals surface area contributed by atoms with E-state index < -0.39 is 51.3 Å². The summed E-state index contributed by atoms with van der Waals surface area (Å²) in [5.74, 6) is -1.36. The summed E-state index contributed by atoms with van der Waals surface area (Å²) in [5.41, 5.74) is -1.94. The van der Waals surface area contributed by atoms with Gasteiger partial charge in [0.25, 0.3) is 5.91 Å². The Morgan fingerprint density at radius 3 is 2.21 bits per heavy atom. The van der Waals surface area contributed by atoms with Crippen LogP contribution in [0.1, 0.15) is 36.7 Å². The Balaban J connectivity index is 2.36. The number of halogens is 4. The summed E-state index contributed by atoms with van der Waals surface area (Å²) in [6.07, 6.45) is -4.01. The van der Waals surface area contributed by atoms with Crippen molar-refractivity contribution in [2.75, 3.05) is 22.4 Å². The molecule has 0 spiro atoms. The molecule has 0 saturated heterocycles. The lowest BCUT2D eigenvalue weighted by molar-refractivity contribution is -0.137. The van der Waals surface area contributed by atoms with E-state index in [1.54, 1.807) is 32.9 Å². The molecule has 0 saturated carbocycles. The number of alkyl halides is 3. The second-order valence-electron chi connectivity index (χ2n) is 8.23. The van der Waals surface area contributed by atoms with E-state index in [9.17, 15) is 31.2 Å². The Morgan fingerprint density at radius 1 is 1.06 bits per heavy atom. The van der Waals surface area contributed by atoms with Gasteiger partial charge in [0, 0.05) is 5.54 Å². The number of para-hydroxylation sites is 1. The maximum atomic E-state index is 13.1. The van der Waals surface area contributed by atoms with E-state index in [1.807, 2.05) is 0 Å². The molecular formula is C21H23ClF3N3O4S. The molecule has 33 heavy (non-hydrogen) atoms. The third kappa shape index (κ3) is 7.36. The van der Waals surface area contributed by atoms with Crippen molar-refractivity contribution in [3.8, 4) is 0 Å². The average Bonchev–Trinajstić information content (AvgIpc) is 2.64. The van der Waals surface area contributed by atoms with Gasteiger partial charge in [0.1, 0.15) is 6.54 Å².